The maximum atomic E-state index is 13.4. The maximum Gasteiger partial charge on any atom is 0.267 e. The number of piperidine rings is 1. The molecule has 0 saturated carbocycles. The van der Waals surface area contributed by atoms with Crippen LogP contribution in [0.15, 0.2) is 28.8 Å². The molecule has 0 radical (unpaired) electrons. The van der Waals surface area contributed by atoms with Crippen LogP contribution in [0.1, 0.15) is 57.6 Å². The van der Waals surface area contributed by atoms with E-state index < -0.39 is 10.0 Å². The van der Waals surface area contributed by atoms with Crippen LogP contribution < -0.4 is 10.6 Å². The summed E-state index contributed by atoms with van der Waals surface area (Å²) in [5.41, 5.74) is 2.90. The molecule has 34 heavy (non-hydrogen) atoms. The Labute approximate surface area is 205 Å². The van der Waals surface area contributed by atoms with Crippen molar-refractivity contribution < 1.29 is 17.9 Å². The Morgan fingerprint density at radius 3 is 2.41 bits per heavy atom. The smallest absolute Gasteiger partial charge is 0.267 e. The fourth-order valence-electron chi connectivity index (χ4n) is 5.24. The third kappa shape index (κ3) is 6.40. The highest BCUT2D eigenvalue weighted by Gasteiger charge is 2.32. The molecule has 8 heteroatoms. The molecule has 7 nitrogen and oxygen atoms in total. The first-order valence-electron chi connectivity index (χ1n) is 12.5. The van der Waals surface area contributed by atoms with Crippen LogP contribution >= 0.6 is 0 Å². The monoisotopic (exact) mass is 491 g/mol. The molecule has 2 N–H and O–H groups in total. The zero-order chi connectivity index (χ0) is 24.9. The number of ether oxygens (including phenoxy) is 1. The number of rotatable bonds is 8. The molecule has 0 aromatic heterocycles. The third-order valence-electron chi connectivity index (χ3n) is 7.12. The standard InChI is InChI=1S/C26H41N3O4S/c1-18-14-19(2)17-29(16-18)34(31,32)23-7-6-20(3)24(15-23)21(4)25(27-5)26(30)28-11-8-22-9-12-33-13-10-22/h6-7,15,18-19,22,27H,8-14,16-17H2,1-5H3,(H,28,30)/b25-21-. The normalized spacial score (nSPS) is 23.3. The van der Waals surface area contributed by atoms with Crippen molar-refractivity contribution in [1.82, 2.24) is 14.9 Å². The fraction of sp³-hybridized carbons (Fsp3) is 0.654. The lowest BCUT2D eigenvalue weighted by Crippen LogP contribution is -2.42. The number of sulfonamides is 1. The van der Waals surface area contributed by atoms with E-state index in [9.17, 15) is 13.2 Å². The Morgan fingerprint density at radius 1 is 1.15 bits per heavy atom. The van der Waals surface area contributed by atoms with Gasteiger partial charge in [0, 0.05) is 39.9 Å². The lowest BCUT2D eigenvalue weighted by molar-refractivity contribution is -0.117. The maximum absolute atomic E-state index is 13.4. The van der Waals surface area contributed by atoms with E-state index in [4.69, 9.17) is 4.74 Å². The van der Waals surface area contributed by atoms with Crippen molar-refractivity contribution in [1.29, 1.82) is 0 Å². The average Bonchev–Trinajstić information content (AvgIpc) is 2.79. The highest BCUT2D eigenvalue weighted by molar-refractivity contribution is 7.89. The lowest BCUT2D eigenvalue weighted by atomic mass is 9.94. The molecule has 2 aliphatic rings. The summed E-state index contributed by atoms with van der Waals surface area (Å²) in [4.78, 5) is 13.2. The van der Waals surface area contributed by atoms with Crippen molar-refractivity contribution >= 4 is 21.5 Å². The van der Waals surface area contributed by atoms with Gasteiger partial charge in [0.2, 0.25) is 10.0 Å². The summed E-state index contributed by atoms with van der Waals surface area (Å²) in [6.45, 7) is 11.3. The Kier molecular flexibility index (Phi) is 9.18. The van der Waals surface area contributed by atoms with Crippen molar-refractivity contribution in [2.75, 3.05) is 39.9 Å². The van der Waals surface area contributed by atoms with E-state index in [2.05, 4.69) is 24.5 Å². The average molecular weight is 492 g/mol. The number of carbonyl (C=O) groups excluding carboxylic acids is 1. The summed E-state index contributed by atoms with van der Waals surface area (Å²) in [6.07, 6.45) is 4.06. The van der Waals surface area contributed by atoms with Gasteiger partial charge in [0.05, 0.1) is 4.90 Å². The van der Waals surface area contributed by atoms with Crippen LogP contribution in [0.3, 0.4) is 0 Å². The van der Waals surface area contributed by atoms with E-state index >= 15 is 0 Å². The minimum atomic E-state index is -3.60. The lowest BCUT2D eigenvalue weighted by Gasteiger charge is -2.34. The molecule has 0 bridgehead atoms. The fourth-order valence-corrected chi connectivity index (χ4v) is 6.94. The van der Waals surface area contributed by atoms with E-state index in [0.717, 1.165) is 55.6 Å². The van der Waals surface area contributed by atoms with Crippen LogP contribution in [0.2, 0.25) is 0 Å². The second kappa shape index (κ2) is 11.7. The van der Waals surface area contributed by atoms with Gasteiger partial charge in [-0.3, -0.25) is 4.79 Å². The van der Waals surface area contributed by atoms with Crippen molar-refractivity contribution in [3.8, 4) is 0 Å². The zero-order valence-electron chi connectivity index (χ0n) is 21.3. The van der Waals surface area contributed by atoms with E-state index in [1.54, 1.807) is 23.5 Å². The molecule has 190 valence electrons. The van der Waals surface area contributed by atoms with Gasteiger partial charge in [0.25, 0.3) is 5.91 Å². The minimum Gasteiger partial charge on any atom is -0.383 e. The molecule has 2 atom stereocenters. The molecular formula is C26H41N3O4S. The minimum absolute atomic E-state index is 0.168. The second-order valence-electron chi connectivity index (χ2n) is 10.1. The first-order chi connectivity index (χ1) is 16.1. The number of hydrogen-bond acceptors (Lipinski definition) is 5. The largest absolute Gasteiger partial charge is 0.383 e. The molecule has 2 saturated heterocycles. The topological polar surface area (TPSA) is 87.7 Å². The molecule has 0 spiro atoms. The molecule has 3 rings (SSSR count). The highest BCUT2D eigenvalue weighted by atomic mass is 32.2. The molecule has 2 fully saturated rings. The first-order valence-corrected chi connectivity index (χ1v) is 13.9. The van der Waals surface area contributed by atoms with Crippen LogP contribution in [0.25, 0.3) is 5.57 Å². The van der Waals surface area contributed by atoms with Crippen LogP contribution in [0.5, 0.6) is 0 Å². The number of aryl methyl sites for hydroxylation is 1. The zero-order valence-corrected chi connectivity index (χ0v) is 22.1. The molecule has 1 amide bonds. The van der Waals surface area contributed by atoms with Gasteiger partial charge in [0.15, 0.2) is 0 Å². The van der Waals surface area contributed by atoms with Crippen molar-refractivity contribution in [3.05, 3.63) is 35.0 Å². The van der Waals surface area contributed by atoms with Gasteiger partial charge < -0.3 is 15.4 Å². The SMILES string of the molecule is CN/C(C(=O)NCCC1CCOCC1)=C(/C)c1cc(S(=O)(=O)N2CC(C)CC(C)C2)ccc1C. The van der Waals surface area contributed by atoms with Crippen LogP contribution in [-0.2, 0) is 19.6 Å². The predicted octanol–water partition coefficient (Wildman–Crippen LogP) is 3.54. The number of amides is 1. The summed E-state index contributed by atoms with van der Waals surface area (Å²) in [6, 6.07) is 5.23. The summed E-state index contributed by atoms with van der Waals surface area (Å²) >= 11 is 0. The molecule has 2 aliphatic heterocycles. The van der Waals surface area contributed by atoms with Gasteiger partial charge in [0.1, 0.15) is 5.70 Å². The highest BCUT2D eigenvalue weighted by Crippen LogP contribution is 2.30. The molecule has 2 heterocycles. The number of benzene rings is 1. The number of nitrogens with one attached hydrogen (secondary N) is 2. The molecule has 0 aliphatic carbocycles. The summed E-state index contributed by atoms with van der Waals surface area (Å²) in [7, 11) is -1.87. The number of nitrogens with zero attached hydrogens (tertiary/aromatic N) is 1. The van der Waals surface area contributed by atoms with Crippen LogP contribution in [0.4, 0.5) is 0 Å². The van der Waals surface area contributed by atoms with Crippen molar-refractivity contribution in [3.63, 3.8) is 0 Å². The van der Waals surface area contributed by atoms with Crippen molar-refractivity contribution in [2.45, 2.75) is 58.3 Å². The number of likely N-dealkylation sites (N-methyl/N-ethyl adjacent to an activating group) is 1. The van der Waals surface area contributed by atoms with Crippen LogP contribution in [-0.4, -0.2) is 58.5 Å². The van der Waals surface area contributed by atoms with E-state index in [0.29, 0.717) is 43.1 Å². The molecule has 2 unspecified atom stereocenters. The van der Waals surface area contributed by atoms with Crippen molar-refractivity contribution in [2.24, 2.45) is 17.8 Å². The predicted molar refractivity (Wildman–Crippen MR) is 136 cm³/mol. The first kappa shape index (κ1) is 26.7. The Bertz CT molecular complexity index is 989. The van der Waals surface area contributed by atoms with E-state index in [-0.39, 0.29) is 10.8 Å². The summed E-state index contributed by atoms with van der Waals surface area (Å²) < 4.78 is 33.9. The van der Waals surface area contributed by atoms with Gasteiger partial charge >= 0.3 is 0 Å². The van der Waals surface area contributed by atoms with Gasteiger partial charge in [-0.2, -0.15) is 4.31 Å². The second-order valence-corrected chi connectivity index (χ2v) is 12.0. The third-order valence-corrected chi connectivity index (χ3v) is 8.94. The molecule has 1 aromatic rings. The number of hydrogen-bond donors (Lipinski definition) is 2. The Hall–Kier alpha value is -1.90. The molecule has 1 aromatic carbocycles. The molecular weight excluding hydrogens is 450 g/mol. The van der Waals surface area contributed by atoms with Crippen LogP contribution in [0, 0.1) is 24.7 Å². The van der Waals surface area contributed by atoms with Gasteiger partial charge in [-0.1, -0.05) is 19.9 Å². The summed E-state index contributed by atoms with van der Waals surface area (Å²) in [5.74, 6) is 1.09. The van der Waals surface area contributed by atoms with Gasteiger partial charge in [-0.25, -0.2) is 8.42 Å². The quantitative estimate of drug-likeness (QED) is 0.543. The van der Waals surface area contributed by atoms with E-state index in [1.807, 2.05) is 19.9 Å². The number of allylic oxidation sites excluding steroid dienone is 1. The number of carbonyl (C=O) groups is 1. The summed E-state index contributed by atoms with van der Waals surface area (Å²) in [5, 5.41) is 6.07. The van der Waals surface area contributed by atoms with Gasteiger partial charge in [-0.05, 0) is 86.1 Å². The van der Waals surface area contributed by atoms with E-state index in [1.165, 1.54) is 0 Å². The Morgan fingerprint density at radius 2 is 1.79 bits per heavy atom. The van der Waals surface area contributed by atoms with Gasteiger partial charge in [-0.15, -0.1) is 0 Å². The Balaban J connectivity index is 1.79.